The molecule has 1 fully saturated rings. The lowest BCUT2D eigenvalue weighted by atomic mass is 9.85. The minimum Gasteiger partial charge on any atom is -0.0654 e. The van der Waals surface area contributed by atoms with Crippen LogP contribution in [0.3, 0.4) is 0 Å². The molecule has 0 N–H and O–H groups in total. The van der Waals surface area contributed by atoms with E-state index in [0.29, 0.717) is 5.41 Å². The first-order valence-corrected chi connectivity index (χ1v) is 6.67. The van der Waals surface area contributed by atoms with Crippen molar-refractivity contribution >= 4 is 0 Å². The Balaban J connectivity index is 2.25. The predicted octanol–water partition coefficient (Wildman–Crippen LogP) is 4.71. The molecule has 1 aliphatic rings. The van der Waals surface area contributed by atoms with Gasteiger partial charge < -0.3 is 0 Å². The second kappa shape index (κ2) is 4.24. The van der Waals surface area contributed by atoms with Gasteiger partial charge in [0.2, 0.25) is 0 Å². The van der Waals surface area contributed by atoms with Gasteiger partial charge in [0.05, 0.1) is 0 Å². The van der Waals surface area contributed by atoms with E-state index < -0.39 is 0 Å². The van der Waals surface area contributed by atoms with Gasteiger partial charge in [-0.25, -0.2) is 0 Å². The first-order chi connectivity index (χ1) is 7.60. The highest BCUT2D eigenvalue weighted by molar-refractivity contribution is 5.35. The van der Waals surface area contributed by atoms with E-state index in [-0.39, 0.29) is 0 Å². The van der Waals surface area contributed by atoms with E-state index in [1.807, 2.05) is 0 Å². The van der Waals surface area contributed by atoms with Crippen molar-refractivity contribution in [1.29, 1.82) is 0 Å². The zero-order chi connectivity index (χ0) is 11.8. The summed E-state index contributed by atoms with van der Waals surface area (Å²) in [7, 11) is 0. The van der Waals surface area contributed by atoms with Crippen LogP contribution in [0.4, 0.5) is 0 Å². The van der Waals surface area contributed by atoms with Crippen molar-refractivity contribution in [2.45, 2.75) is 52.4 Å². The number of hydrogen-bond acceptors (Lipinski definition) is 0. The highest BCUT2D eigenvalue weighted by atomic mass is 14.6. The van der Waals surface area contributed by atoms with Crippen LogP contribution in [-0.2, 0) is 5.41 Å². The monoisotopic (exact) mass is 216 g/mol. The van der Waals surface area contributed by atoms with Gasteiger partial charge in [0.1, 0.15) is 0 Å². The van der Waals surface area contributed by atoms with Crippen molar-refractivity contribution in [3.63, 3.8) is 0 Å². The summed E-state index contributed by atoms with van der Waals surface area (Å²) in [6.45, 7) is 9.22. The van der Waals surface area contributed by atoms with Crippen LogP contribution in [0.15, 0.2) is 24.3 Å². The van der Waals surface area contributed by atoms with Gasteiger partial charge in [0.15, 0.2) is 0 Å². The molecule has 0 radical (unpaired) electrons. The summed E-state index contributed by atoms with van der Waals surface area (Å²) in [4.78, 5) is 0. The quantitative estimate of drug-likeness (QED) is 0.684. The van der Waals surface area contributed by atoms with Crippen LogP contribution in [0, 0.1) is 18.8 Å². The summed E-state index contributed by atoms with van der Waals surface area (Å²) in [5, 5.41) is 0. The molecule has 1 aromatic carbocycles. The molecule has 0 aliphatic heterocycles. The lowest BCUT2D eigenvalue weighted by Crippen LogP contribution is -2.12. The lowest BCUT2D eigenvalue weighted by Gasteiger charge is -2.19. The Hall–Kier alpha value is -0.780. The van der Waals surface area contributed by atoms with E-state index >= 15 is 0 Å². The molecule has 1 aromatic rings. The molecule has 0 nitrogen and oxygen atoms in total. The van der Waals surface area contributed by atoms with Gasteiger partial charge in [-0.15, -0.1) is 0 Å². The number of rotatable bonds is 4. The van der Waals surface area contributed by atoms with Crippen LogP contribution >= 0.6 is 0 Å². The Morgan fingerprint density at radius 2 is 1.88 bits per heavy atom. The van der Waals surface area contributed by atoms with Crippen LogP contribution in [0.1, 0.15) is 51.2 Å². The highest BCUT2D eigenvalue weighted by Crippen LogP contribution is 2.60. The van der Waals surface area contributed by atoms with Crippen molar-refractivity contribution in [3.8, 4) is 0 Å². The molecule has 0 bridgehead atoms. The van der Waals surface area contributed by atoms with E-state index in [0.717, 1.165) is 11.8 Å². The molecule has 0 amide bonds. The Kier molecular flexibility index (Phi) is 3.10. The summed E-state index contributed by atoms with van der Waals surface area (Å²) in [6, 6.07) is 9.24. The fraction of sp³-hybridized carbons (Fsp3) is 0.625. The first kappa shape index (κ1) is 11.7. The Bertz CT molecular complexity index is 347. The second-order valence-electron chi connectivity index (χ2n) is 5.83. The molecule has 88 valence electrons. The molecule has 0 saturated heterocycles. The normalized spacial score (nSPS) is 28.4. The van der Waals surface area contributed by atoms with Gasteiger partial charge >= 0.3 is 0 Å². The topological polar surface area (TPSA) is 0 Å². The average molecular weight is 216 g/mol. The zero-order valence-corrected chi connectivity index (χ0v) is 11.1. The molecule has 0 aromatic heterocycles. The van der Waals surface area contributed by atoms with Gasteiger partial charge in [0, 0.05) is 0 Å². The maximum Gasteiger partial charge on any atom is -0.00130 e. The van der Waals surface area contributed by atoms with E-state index in [1.54, 1.807) is 5.56 Å². The average Bonchev–Trinajstić information content (AvgIpc) is 2.95. The van der Waals surface area contributed by atoms with Crippen molar-refractivity contribution in [3.05, 3.63) is 35.4 Å². The van der Waals surface area contributed by atoms with Crippen molar-refractivity contribution in [2.75, 3.05) is 0 Å². The smallest absolute Gasteiger partial charge is 0.00130 e. The molecule has 0 heterocycles. The van der Waals surface area contributed by atoms with Gasteiger partial charge in [-0.2, -0.15) is 0 Å². The van der Waals surface area contributed by atoms with Gasteiger partial charge in [0.25, 0.3) is 0 Å². The van der Waals surface area contributed by atoms with E-state index in [2.05, 4.69) is 52.0 Å². The molecule has 0 heteroatoms. The van der Waals surface area contributed by atoms with Crippen LogP contribution in [-0.4, -0.2) is 0 Å². The molecule has 1 saturated carbocycles. The first-order valence-electron chi connectivity index (χ1n) is 6.67. The van der Waals surface area contributed by atoms with E-state index in [9.17, 15) is 0 Å². The van der Waals surface area contributed by atoms with Crippen molar-refractivity contribution in [1.82, 2.24) is 0 Å². The third-order valence-electron chi connectivity index (χ3n) is 4.26. The minimum absolute atomic E-state index is 0.524. The fourth-order valence-electron chi connectivity index (χ4n) is 3.30. The molecule has 2 unspecified atom stereocenters. The summed E-state index contributed by atoms with van der Waals surface area (Å²) in [5.74, 6) is 1.74. The van der Waals surface area contributed by atoms with Gasteiger partial charge in [-0.3, -0.25) is 0 Å². The molecule has 2 atom stereocenters. The van der Waals surface area contributed by atoms with Gasteiger partial charge in [-0.05, 0) is 42.6 Å². The summed E-state index contributed by atoms with van der Waals surface area (Å²) in [6.07, 6.45) is 4.07. The second-order valence-corrected chi connectivity index (χ2v) is 5.83. The molecule has 2 rings (SSSR count). The maximum atomic E-state index is 2.37. The highest BCUT2D eigenvalue weighted by Gasteiger charge is 2.54. The van der Waals surface area contributed by atoms with Crippen LogP contribution in [0.2, 0.25) is 0 Å². The van der Waals surface area contributed by atoms with E-state index in [1.165, 1.54) is 24.8 Å². The molecule has 16 heavy (non-hydrogen) atoms. The Labute approximate surface area is 100 Å². The lowest BCUT2D eigenvalue weighted by molar-refractivity contribution is 0.455. The fourth-order valence-corrected chi connectivity index (χ4v) is 3.30. The van der Waals surface area contributed by atoms with Crippen molar-refractivity contribution < 1.29 is 0 Å². The summed E-state index contributed by atoms with van der Waals surface area (Å²) >= 11 is 0. The molecule has 1 aliphatic carbocycles. The van der Waals surface area contributed by atoms with Crippen LogP contribution in [0.5, 0.6) is 0 Å². The summed E-state index contributed by atoms with van der Waals surface area (Å²) < 4.78 is 0. The molecular formula is C16H24. The minimum atomic E-state index is 0.524. The number of aryl methyl sites for hydroxylation is 1. The summed E-state index contributed by atoms with van der Waals surface area (Å²) in [5.41, 5.74) is 3.48. The Morgan fingerprint density at radius 1 is 1.25 bits per heavy atom. The van der Waals surface area contributed by atoms with Crippen molar-refractivity contribution in [2.24, 2.45) is 11.8 Å². The zero-order valence-electron chi connectivity index (χ0n) is 11.1. The van der Waals surface area contributed by atoms with Crippen LogP contribution in [0.25, 0.3) is 0 Å². The Morgan fingerprint density at radius 3 is 2.31 bits per heavy atom. The number of benzene rings is 1. The molecular weight excluding hydrogens is 192 g/mol. The molecule has 0 spiro atoms. The predicted molar refractivity (Wildman–Crippen MR) is 70.7 cm³/mol. The largest absolute Gasteiger partial charge is 0.0654 e. The SMILES string of the molecule is CCCC1(c2ccc(C)cc2)CC1C(C)C. The van der Waals surface area contributed by atoms with E-state index in [4.69, 9.17) is 0 Å². The standard InChI is InChI=1S/C16H24/c1-5-10-16(11-15(16)12(2)3)14-8-6-13(4)7-9-14/h6-9,12,15H,5,10-11H2,1-4H3. The third-order valence-corrected chi connectivity index (χ3v) is 4.26. The third kappa shape index (κ3) is 1.90. The number of hydrogen-bond donors (Lipinski definition) is 0. The van der Waals surface area contributed by atoms with Crippen LogP contribution < -0.4 is 0 Å². The van der Waals surface area contributed by atoms with Gasteiger partial charge in [-0.1, -0.05) is 57.0 Å². The maximum absolute atomic E-state index is 2.37.